The van der Waals surface area contributed by atoms with Crippen LogP contribution in [0.2, 0.25) is 5.15 Å². The van der Waals surface area contributed by atoms with Gasteiger partial charge >= 0.3 is 0 Å². The van der Waals surface area contributed by atoms with Crippen LogP contribution in [0.3, 0.4) is 0 Å². The summed E-state index contributed by atoms with van der Waals surface area (Å²) in [4.78, 5) is 25.7. The molecule has 1 aromatic carbocycles. The lowest BCUT2D eigenvalue weighted by molar-refractivity contribution is -0.120. The molecular weight excluding hydrogens is 442 g/mol. The first kappa shape index (κ1) is 20.9. The van der Waals surface area contributed by atoms with E-state index in [0.717, 1.165) is 18.4 Å². The number of anilines is 2. The zero-order chi connectivity index (χ0) is 21.3. The smallest absolute Gasteiger partial charge is 0.236 e. The van der Waals surface area contributed by atoms with Gasteiger partial charge in [-0.2, -0.15) is 0 Å². The Morgan fingerprint density at radius 2 is 1.93 bits per heavy atom. The molecule has 1 atom stereocenters. The van der Waals surface area contributed by atoms with Crippen LogP contribution in [0.5, 0.6) is 0 Å². The van der Waals surface area contributed by atoms with Crippen LogP contribution in [0.15, 0.2) is 42.0 Å². The molecule has 2 heterocycles. The van der Waals surface area contributed by atoms with Crippen LogP contribution in [-0.4, -0.2) is 30.3 Å². The van der Waals surface area contributed by atoms with E-state index in [2.05, 4.69) is 25.0 Å². The molecule has 1 aliphatic rings. The fraction of sp³-hybridized carbons (Fsp3) is 0.300. The van der Waals surface area contributed by atoms with Crippen LogP contribution in [0.25, 0.3) is 11.3 Å². The molecule has 4 rings (SSSR count). The van der Waals surface area contributed by atoms with E-state index in [1.807, 2.05) is 31.4 Å². The van der Waals surface area contributed by atoms with E-state index in [-0.39, 0.29) is 11.2 Å². The van der Waals surface area contributed by atoms with E-state index in [1.54, 1.807) is 18.3 Å². The zero-order valence-electron chi connectivity index (χ0n) is 16.4. The molecule has 1 aliphatic carbocycles. The lowest BCUT2D eigenvalue weighted by Crippen LogP contribution is -2.35. The number of halogens is 1. The molecule has 1 amide bonds. The van der Waals surface area contributed by atoms with E-state index in [4.69, 9.17) is 11.6 Å². The van der Waals surface area contributed by atoms with Gasteiger partial charge in [-0.25, -0.2) is 14.2 Å². The van der Waals surface area contributed by atoms with Crippen LogP contribution in [0, 0.1) is 0 Å². The number of nitrogens with zero attached hydrogens (tertiary/aromatic N) is 3. The summed E-state index contributed by atoms with van der Waals surface area (Å²) < 4.78 is 15.0. The number of benzene rings is 1. The fourth-order valence-corrected chi connectivity index (χ4v) is 4.92. The molecule has 0 radical (unpaired) electrons. The second-order valence-electron chi connectivity index (χ2n) is 7.52. The first-order chi connectivity index (χ1) is 14.3. The van der Waals surface area contributed by atoms with E-state index in [1.165, 1.54) is 17.5 Å². The van der Waals surface area contributed by atoms with Gasteiger partial charge in [0.05, 0.1) is 34.4 Å². The monoisotopic (exact) mass is 461 g/mol. The Balaban J connectivity index is 1.43. The SMILES string of the molecule is CC(C)(C(=O)Nc1ccc(-c2cncc(Cl)n2)cc1)c1csc(NS(=O)C2CC2)n1. The van der Waals surface area contributed by atoms with Crippen LogP contribution >= 0.6 is 22.9 Å². The quantitative estimate of drug-likeness (QED) is 0.543. The van der Waals surface area contributed by atoms with Crippen molar-refractivity contribution in [1.29, 1.82) is 0 Å². The summed E-state index contributed by atoms with van der Waals surface area (Å²) in [6.45, 7) is 3.63. The normalized spacial score (nSPS) is 14.9. The third-order valence-corrected chi connectivity index (χ3v) is 7.31. The van der Waals surface area contributed by atoms with E-state index in [9.17, 15) is 9.00 Å². The van der Waals surface area contributed by atoms with Gasteiger partial charge in [-0.05, 0) is 38.8 Å². The Hall–Kier alpha value is -2.36. The largest absolute Gasteiger partial charge is 0.325 e. The topological polar surface area (TPSA) is 96.9 Å². The van der Waals surface area contributed by atoms with Crippen molar-refractivity contribution in [3.05, 3.63) is 52.9 Å². The molecule has 1 unspecified atom stereocenters. The number of rotatable bonds is 7. The van der Waals surface area contributed by atoms with Crippen molar-refractivity contribution in [1.82, 2.24) is 15.0 Å². The van der Waals surface area contributed by atoms with Crippen molar-refractivity contribution < 1.29 is 9.00 Å². The number of aromatic nitrogens is 3. The summed E-state index contributed by atoms with van der Waals surface area (Å²) in [5.41, 5.74) is 1.95. The maximum absolute atomic E-state index is 12.9. The lowest BCUT2D eigenvalue weighted by atomic mass is 9.89. The number of carbonyl (C=O) groups is 1. The molecule has 30 heavy (non-hydrogen) atoms. The average Bonchev–Trinajstić information content (AvgIpc) is 3.47. The van der Waals surface area contributed by atoms with Crippen molar-refractivity contribution in [3.8, 4) is 11.3 Å². The Kier molecular flexibility index (Phi) is 5.86. The van der Waals surface area contributed by atoms with Crippen molar-refractivity contribution in [2.45, 2.75) is 37.4 Å². The van der Waals surface area contributed by atoms with Crippen LogP contribution in [-0.2, 0) is 21.2 Å². The molecule has 0 spiro atoms. The Labute approximate surface area is 185 Å². The molecule has 1 fully saturated rings. The maximum Gasteiger partial charge on any atom is 0.236 e. The van der Waals surface area contributed by atoms with Gasteiger partial charge in [-0.1, -0.05) is 23.7 Å². The molecule has 2 aromatic heterocycles. The van der Waals surface area contributed by atoms with Crippen LogP contribution in [0.4, 0.5) is 10.8 Å². The second kappa shape index (κ2) is 8.41. The maximum atomic E-state index is 12.9. The summed E-state index contributed by atoms with van der Waals surface area (Å²) in [7, 11) is -1.11. The summed E-state index contributed by atoms with van der Waals surface area (Å²) in [5.74, 6) is -0.182. The number of hydrogen-bond acceptors (Lipinski definition) is 6. The highest BCUT2D eigenvalue weighted by molar-refractivity contribution is 7.87. The minimum Gasteiger partial charge on any atom is -0.325 e. The highest BCUT2D eigenvalue weighted by atomic mass is 35.5. The molecule has 0 saturated heterocycles. The third-order valence-electron chi connectivity index (χ3n) is 4.77. The van der Waals surface area contributed by atoms with Gasteiger partial charge in [0.15, 0.2) is 5.13 Å². The Morgan fingerprint density at radius 3 is 2.60 bits per heavy atom. The standard InChI is InChI=1S/C20H20ClN5O2S2/c1-20(2,16-11-29-19(25-16)26-30(28)14-7-8-14)18(27)23-13-5-3-12(4-6-13)15-9-22-10-17(21)24-15/h3-6,9-11,14H,7-8H2,1-2H3,(H,23,27)(H,25,26). The van der Waals surface area contributed by atoms with Crippen molar-refractivity contribution in [2.24, 2.45) is 0 Å². The Bertz CT molecular complexity index is 1100. The van der Waals surface area contributed by atoms with Gasteiger partial charge in [0.25, 0.3) is 0 Å². The van der Waals surface area contributed by atoms with Gasteiger partial charge in [-0.3, -0.25) is 14.5 Å². The molecule has 10 heteroatoms. The molecular formula is C20H20ClN5O2S2. The third kappa shape index (κ3) is 4.69. The molecule has 2 N–H and O–H groups in total. The predicted molar refractivity (Wildman–Crippen MR) is 121 cm³/mol. The van der Waals surface area contributed by atoms with Gasteiger partial charge in [-0.15, -0.1) is 11.3 Å². The van der Waals surface area contributed by atoms with Crippen molar-refractivity contribution in [3.63, 3.8) is 0 Å². The summed E-state index contributed by atoms with van der Waals surface area (Å²) in [5, 5.41) is 5.87. The number of nitrogens with one attached hydrogen (secondary N) is 2. The number of amides is 1. The molecule has 3 aromatic rings. The van der Waals surface area contributed by atoms with E-state index in [0.29, 0.717) is 27.4 Å². The molecule has 0 aliphatic heterocycles. The van der Waals surface area contributed by atoms with Crippen molar-refractivity contribution in [2.75, 3.05) is 10.0 Å². The zero-order valence-corrected chi connectivity index (χ0v) is 18.8. The minimum absolute atomic E-state index is 0.182. The summed E-state index contributed by atoms with van der Waals surface area (Å²) >= 11 is 7.25. The number of carbonyl (C=O) groups excluding carboxylic acids is 1. The molecule has 7 nitrogen and oxygen atoms in total. The van der Waals surface area contributed by atoms with E-state index >= 15 is 0 Å². The number of hydrogen-bond donors (Lipinski definition) is 2. The highest BCUT2D eigenvalue weighted by Gasteiger charge is 2.33. The van der Waals surface area contributed by atoms with Crippen LogP contribution < -0.4 is 10.0 Å². The fourth-order valence-electron chi connectivity index (χ4n) is 2.67. The van der Waals surface area contributed by atoms with Gasteiger partial charge in [0.2, 0.25) is 5.91 Å². The van der Waals surface area contributed by atoms with Crippen molar-refractivity contribution >= 4 is 50.6 Å². The molecule has 156 valence electrons. The number of thiazole rings is 1. The van der Waals surface area contributed by atoms with Gasteiger partial charge in [0.1, 0.15) is 16.1 Å². The van der Waals surface area contributed by atoms with Gasteiger partial charge < -0.3 is 5.32 Å². The summed E-state index contributed by atoms with van der Waals surface area (Å²) in [6.07, 6.45) is 5.07. The van der Waals surface area contributed by atoms with Gasteiger partial charge in [0, 0.05) is 16.6 Å². The van der Waals surface area contributed by atoms with E-state index < -0.39 is 16.4 Å². The molecule has 0 bridgehead atoms. The highest BCUT2D eigenvalue weighted by Crippen LogP contribution is 2.31. The lowest BCUT2D eigenvalue weighted by Gasteiger charge is -2.21. The predicted octanol–water partition coefficient (Wildman–Crippen LogP) is 4.41. The Morgan fingerprint density at radius 1 is 1.20 bits per heavy atom. The first-order valence-electron chi connectivity index (χ1n) is 9.35. The minimum atomic E-state index is -1.11. The first-order valence-corrected chi connectivity index (χ1v) is 11.8. The second-order valence-corrected chi connectivity index (χ2v) is 10.2. The summed E-state index contributed by atoms with van der Waals surface area (Å²) in [6, 6.07) is 7.31. The average molecular weight is 462 g/mol. The molecule has 1 saturated carbocycles. The van der Waals surface area contributed by atoms with Crippen LogP contribution in [0.1, 0.15) is 32.4 Å².